The average Bonchev–Trinajstić information content (AvgIpc) is 3.40. The second-order valence-electron chi connectivity index (χ2n) is 6.34. The molecule has 1 aliphatic heterocycles. The summed E-state index contributed by atoms with van der Waals surface area (Å²) in [6.07, 6.45) is 0. The monoisotopic (exact) mass is 408 g/mol. The second-order valence-corrected chi connectivity index (χ2v) is 7.20. The third kappa shape index (κ3) is 3.27. The molecule has 0 saturated heterocycles. The topological polar surface area (TPSA) is 82.8 Å². The van der Waals surface area contributed by atoms with E-state index in [2.05, 4.69) is 10.3 Å². The van der Waals surface area contributed by atoms with Gasteiger partial charge in [0.25, 0.3) is 5.91 Å². The number of anilines is 1. The minimum atomic E-state index is -0.369. The Labute approximate surface area is 169 Å². The Hall–Kier alpha value is -3.52. The van der Waals surface area contributed by atoms with Crippen LogP contribution in [0.5, 0.6) is 17.2 Å². The number of benzene rings is 2. The summed E-state index contributed by atoms with van der Waals surface area (Å²) in [6, 6.07) is 12.8. The van der Waals surface area contributed by atoms with Gasteiger partial charge in [0.15, 0.2) is 33.7 Å². The standard InChI is InChI=1S/C21H16N2O5S/c1-25-16-4-2-3-13-10-18(28-19(13)16)20(24)23-21-22-14(11-29-21)12-5-6-15-17(9-12)27-8-7-26-15/h2-6,9-11H,7-8H2,1H3,(H,22,23,24). The number of rotatable bonds is 4. The number of fused-ring (bicyclic) bond motifs is 2. The van der Waals surface area contributed by atoms with Crippen LogP contribution in [0.2, 0.25) is 0 Å². The highest BCUT2D eigenvalue weighted by Gasteiger charge is 2.17. The summed E-state index contributed by atoms with van der Waals surface area (Å²) in [6.45, 7) is 1.07. The predicted molar refractivity (Wildman–Crippen MR) is 109 cm³/mol. The first-order valence-corrected chi connectivity index (χ1v) is 9.83. The van der Waals surface area contributed by atoms with Gasteiger partial charge in [-0.1, -0.05) is 12.1 Å². The van der Waals surface area contributed by atoms with Crippen molar-refractivity contribution in [2.75, 3.05) is 25.6 Å². The van der Waals surface area contributed by atoms with E-state index in [1.54, 1.807) is 19.2 Å². The van der Waals surface area contributed by atoms with Gasteiger partial charge in [0.05, 0.1) is 12.8 Å². The van der Waals surface area contributed by atoms with Crippen LogP contribution in [0.1, 0.15) is 10.6 Å². The quantitative estimate of drug-likeness (QED) is 0.532. The fourth-order valence-corrected chi connectivity index (χ4v) is 3.85. The molecule has 2 aromatic carbocycles. The molecule has 1 N–H and O–H groups in total. The van der Waals surface area contributed by atoms with Crippen LogP contribution < -0.4 is 19.5 Å². The SMILES string of the molecule is COc1cccc2cc(C(=O)Nc3nc(-c4ccc5c(c4)OCCO5)cs3)oc12. The first-order chi connectivity index (χ1) is 14.2. The van der Waals surface area contributed by atoms with E-state index in [4.69, 9.17) is 18.6 Å². The number of thiazole rings is 1. The molecule has 146 valence electrons. The van der Waals surface area contributed by atoms with Gasteiger partial charge in [0, 0.05) is 16.3 Å². The van der Waals surface area contributed by atoms with E-state index >= 15 is 0 Å². The van der Waals surface area contributed by atoms with Gasteiger partial charge in [0.2, 0.25) is 0 Å². The maximum absolute atomic E-state index is 12.6. The zero-order valence-electron chi connectivity index (χ0n) is 15.4. The summed E-state index contributed by atoms with van der Waals surface area (Å²) >= 11 is 1.34. The molecule has 0 bridgehead atoms. The molecule has 4 aromatic rings. The third-order valence-electron chi connectivity index (χ3n) is 4.51. The number of carbonyl (C=O) groups excluding carboxylic acids is 1. The number of hydrogen-bond acceptors (Lipinski definition) is 7. The van der Waals surface area contributed by atoms with Crippen molar-refractivity contribution in [3.63, 3.8) is 0 Å². The van der Waals surface area contributed by atoms with Gasteiger partial charge in [-0.2, -0.15) is 0 Å². The minimum Gasteiger partial charge on any atom is -0.493 e. The number of nitrogens with one attached hydrogen (secondary N) is 1. The fraction of sp³-hybridized carbons (Fsp3) is 0.143. The smallest absolute Gasteiger partial charge is 0.293 e. The fourth-order valence-electron chi connectivity index (χ4n) is 3.13. The van der Waals surface area contributed by atoms with Crippen LogP contribution in [-0.4, -0.2) is 31.2 Å². The number of methoxy groups -OCH3 is 1. The van der Waals surface area contributed by atoms with Gasteiger partial charge in [-0.15, -0.1) is 11.3 Å². The Balaban J connectivity index is 1.37. The van der Waals surface area contributed by atoms with Crippen molar-refractivity contribution in [1.82, 2.24) is 4.98 Å². The van der Waals surface area contributed by atoms with E-state index in [1.807, 2.05) is 35.7 Å². The van der Waals surface area contributed by atoms with E-state index in [9.17, 15) is 4.79 Å². The maximum atomic E-state index is 12.6. The summed E-state index contributed by atoms with van der Waals surface area (Å²) in [4.78, 5) is 17.1. The lowest BCUT2D eigenvalue weighted by molar-refractivity contribution is 0.0998. The minimum absolute atomic E-state index is 0.195. The highest BCUT2D eigenvalue weighted by molar-refractivity contribution is 7.14. The van der Waals surface area contributed by atoms with Gasteiger partial charge >= 0.3 is 0 Å². The number of nitrogens with zero attached hydrogens (tertiary/aromatic N) is 1. The van der Waals surface area contributed by atoms with Gasteiger partial charge in [-0.05, 0) is 30.3 Å². The molecular formula is C21H16N2O5S. The third-order valence-corrected chi connectivity index (χ3v) is 5.27. The molecule has 0 fully saturated rings. The number of aromatic nitrogens is 1. The molecule has 0 saturated carbocycles. The van der Waals surface area contributed by atoms with Crippen molar-refractivity contribution in [2.45, 2.75) is 0 Å². The van der Waals surface area contributed by atoms with E-state index < -0.39 is 0 Å². The number of carbonyl (C=O) groups is 1. The van der Waals surface area contributed by atoms with E-state index in [0.717, 1.165) is 22.4 Å². The molecule has 0 atom stereocenters. The largest absolute Gasteiger partial charge is 0.493 e. The lowest BCUT2D eigenvalue weighted by Gasteiger charge is -2.18. The van der Waals surface area contributed by atoms with Crippen LogP contribution in [0.4, 0.5) is 5.13 Å². The van der Waals surface area contributed by atoms with E-state index in [0.29, 0.717) is 35.4 Å². The second kappa shape index (κ2) is 7.14. The van der Waals surface area contributed by atoms with Crippen molar-refractivity contribution >= 4 is 33.3 Å². The zero-order valence-corrected chi connectivity index (χ0v) is 16.2. The lowest BCUT2D eigenvalue weighted by atomic mass is 10.1. The molecule has 1 amide bonds. The number of furan rings is 1. The summed E-state index contributed by atoms with van der Waals surface area (Å²) in [5.74, 6) is 1.83. The Morgan fingerprint density at radius 1 is 1.14 bits per heavy atom. The first kappa shape index (κ1) is 17.6. The molecule has 1 aliphatic rings. The van der Waals surface area contributed by atoms with E-state index in [1.165, 1.54) is 11.3 Å². The number of para-hydroxylation sites is 1. The molecule has 8 heteroatoms. The number of ether oxygens (including phenoxy) is 3. The van der Waals surface area contributed by atoms with Crippen molar-refractivity contribution in [1.29, 1.82) is 0 Å². The van der Waals surface area contributed by atoms with Crippen molar-refractivity contribution in [2.24, 2.45) is 0 Å². The number of hydrogen-bond donors (Lipinski definition) is 1. The van der Waals surface area contributed by atoms with Crippen molar-refractivity contribution in [3.05, 3.63) is 53.6 Å². The molecule has 2 aromatic heterocycles. The molecule has 5 rings (SSSR count). The molecule has 0 aliphatic carbocycles. The normalized spacial score (nSPS) is 12.7. The maximum Gasteiger partial charge on any atom is 0.293 e. The van der Waals surface area contributed by atoms with Crippen LogP contribution in [0.15, 0.2) is 52.3 Å². The van der Waals surface area contributed by atoms with Gasteiger partial charge in [-0.3, -0.25) is 10.1 Å². The summed E-state index contributed by atoms with van der Waals surface area (Å²) in [5, 5.41) is 5.94. The molecule has 0 radical (unpaired) electrons. The van der Waals surface area contributed by atoms with Gasteiger partial charge in [-0.25, -0.2) is 4.98 Å². The van der Waals surface area contributed by atoms with Crippen LogP contribution in [0.25, 0.3) is 22.2 Å². The first-order valence-electron chi connectivity index (χ1n) is 8.95. The van der Waals surface area contributed by atoms with E-state index in [-0.39, 0.29) is 11.7 Å². The van der Waals surface area contributed by atoms with Crippen molar-refractivity contribution in [3.8, 4) is 28.5 Å². The van der Waals surface area contributed by atoms with Crippen LogP contribution >= 0.6 is 11.3 Å². The Bertz CT molecular complexity index is 1210. The van der Waals surface area contributed by atoms with Gasteiger partial charge < -0.3 is 18.6 Å². The van der Waals surface area contributed by atoms with Crippen molar-refractivity contribution < 1.29 is 23.4 Å². The Morgan fingerprint density at radius 3 is 2.86 bits per heavy atom. The molecule has 29 heavy (non-hydrogen) atoms. The molecular weight excluding hydrogens is 392 g/mol. The Kier molecular flexibility index (Phi) is 4.33. The molecule has 3 heterocycles. The summed E-state index contributed by atoms with van der Waals surface area (Å²) in [7, 11) is 1.56. The average molecular weight is 408 g/mol. The predicted octanol–water partition coefficient (Wildman–Crippen LogP) is 4.59. The summed E-state index contributed by atoms with van der Waals surface area (Å²) in [5.41, 5.74) is 2.17. The zero-order chi connectivity index (χ0) is 19.8. The highest BCUT2D eigenvalue weighted by Crippen LogP contribution is 2.35. The van der Waals surface area contributed by atoms with Gasteiger partial charge in [0.1, 0.15) is 13.2 Å². The summed E-state index contributed by atoms with van der Waals surface area (Å²) < 4.78 is 22.1. The van der Waals surface area contributed by atoms with Crippen LogP contribution in [0.3, 0.4) is 0 Å². The highest BCUT2D eigenvalue weighted by atomic mass is 32.1. The Morgan fingerprint density at radius 2 is 2.00 bits per heavy atom. The lowest BCUT2D eigenvalue weighted by Crippen LogP contribution is -2.15. The molecule has 7 nitrogen and oxygen atoms in total. The molecule has 0 spiro atoms. The molecule has 0 unspecified atom stereocenters. The van der Waals surface area contributed by atoms with Crippen LogP contribution in [-0.2, 0) is 0 Å². The number of amides is 1. The van der Waals surface area contributed by atoms with Crippen LogP contribution in [0, 0.1) is 0 Å².